The Bertz CT molecular complexity index is 787. The highest BCUT2D eigenvalue weighted by Gasteiger charge is 2.22. The van der Waals surface area contributed by atoms with Gasteiger partial charge in [0.1, 0.15) is 5.75 Å². The summed E-state index contributed by atoms with van der Waals surface area (Å²) >= 11 is 0. The van der Waals surface area contributed by atoms with Gasteiger partial charge in [-0.2, -0.15) is 0 Å². The van der Waals surface area contributed by atoms with Crippen LogP contribution < -0.4 is 15.0 Å². The number of nitrogens with one attached hydrogen (secondary N) is 1. The number of nitrogens with zero attached hydrogens (tertiary/aromatic N) is 6. The van der Waals surface area contributed by atoms with E-state index in [1.807, 2.05) is 18.2 Å². The van der Waals surface area contributed by atoms with E-state index >= 15 is 0 Å². The fraction of sp³-hybridized carbons (Fsp3) is 0.500. The molecular weight excluding hydrogens is 378 g/mol. The highest BCUT2D eigenvalue weighted by molar-refractivity contribution is 5.80. The van der Waals surface area contributed by atoms with Crippen LogP contribution in [0, 0.1) is 0 Å². The second-order valence-electron chi connectivity index (χ2n) is 7.47. The molecule has 1 aliphatic heterocycles. The number of hydrogen-bond acceptors (Lipinski definition) is 6. The van der Waals surface area contributed by atoms with Crippen molar-refractivity contribution < 1.29 is 4.74 Å². The van der Waals surface area contributed by atoms with E-state index in [0.29, 0.717) is 6.54 Å². The van der Waals surface area contributed by atoms with Crippen LogP contribution in [0.15, 0.2) is 47.7 Å². The van der Waals surface area contributed by atoms with Crippen molar-refractivity contribution in [1.82, 2.24) is 25.1 Å². The maximum absolute atomic E-state index is 5.29. The van der Waals surface area contributed by atoms with Gasteiger partial charge in [0.05, 0.1) is 19.7 Å². The number of methoxy groups -OCH3 is 1. The molecule has 0 aliphatic carbocycles. The van der Waals surface area contributed by atoms with E-state index < -0.39 is 0 Å². The summed E-state index contributed by atoms with van der Waals surface area (Å²) < 4.78 is 5.29. The lowest BCUT2D eigenvalue weighted by Crippen LogP contribution is -2.53. The molecule has 30 heavy (non-hydrogen) atoms. The van der Waals surface area contributed by atoms with Crippen molar-refractivity contribution in [2.45, 2.75) is 13.0 Å². The molecule has 2 heterocycles. The van der Waals surface area contributed by atoms with Crippen LogP contribution in [0.2, 0.25) is 0 Å². The first-order valence-electron chi connectivity index (χ1n) is 10.5. The highest BCUT2D eigenvalue weighted by Crippen LogP contribution is 2.22. The van der Waals surface area contributed by atoms with Gasteiger partial charge in [0.25, 0.3) is 0 Å². The molecule has 1 unspecified atom stereocenters. The minimum Gasteiger partial charge on any atom is -0.497 e. The number of ether oxygens (including phenoxy) is 1. The molecule has 2 aromatic rings. The number of benzene rings is 1. The van der Waals surface area contributed by atoms with E-state index in [-0.39, 0.29) is 6.04 Å². The summed E-state index contributed by atoms with van der Waals surface area (Å²) in [6.07, 6.45) is 3.58. The number of piperazine rings is 1. The predicted octanol–water partition coefficient (Wildman–Crippen LogP) is 1.88. The molecule has 1 aromatic heterocycles. The van der Waals surface area contributed by atoms with Crippen LogP contribution in [0.4, 0.5) is 5.95 Å². The van der Waals surface area contributed by atoms with Gasteiger partial charge in [-0.3, -0.25) is 4.99 Å². The van der Waals surface area contributed by atoms with Crippen LogP contribution in [-0.4, -0.2) is 86.2 Å². The van der Waals surface area contributed by atoms with Gasteiger partial charge in [0, 0.05) is 45.1 Å². The second kappa shape index (κ2) is 10.8. The molecule has 8 nitrogen and oxygen atoms in total. The normalized spacial score (nSPS) is 16.0. The molecule has 1 N–H and O–H groups in total. The quantitative estimate of drug-likeness (QED) is 0.551. The first kappa shape index (κ1) is 21.8. The molecule has 1 aromatic carbocycles. The number of hydrogen-bond donors (Lipinski definition) is 1. The van der Waals surface area contributed by atoms with Crippen molar-refractivity contribution in [2.75, 3.05) is 65.4 Å². The van der Waals surface area contributed by atoms with Gasteiger partial charge in [-0.15, -0.1) is 0 Å². The van der Waals surface area contributed by atoms with Gasteiger partial charge in [0.15, 0.2) is 5.96 Å². The summed E-state index contributed by atoms with van der Waals surface area (Å²) in [5.41, 5.74) is 1.23. The first-order valence-corrected chi connectivity index (χ1v) is 10.5. The van der Waals surface area contributed by atoms with E-state index in [2.05, 4.69) is 63.1 Å². The van der Waals surface area contributed by atoms with E-state index in [1.165, 1.54) is 5.56 Å². The van der Waals surface area contributed by atoms with Gasteiger partial charge in [-0.25, -0.2) is 9.97 Å². The summed E-state index contributed by atoms with van der Waals surface area (Å²) in [7, 11) is 5.88. The summed E-state index contributed by atoms with van der Waals surface area (Å²) in [4.78, 5) is 20.5. The van der Waals surface area contributed by atoms with Gasteiger partial charge in [0.2, 0.25) is 5.95 Å². The summed E-state index contributed by atoms with van der Waals surface area (Å²) in [5, 5.41) is 3.46. The molecular formula is C22H33N7O. The van der Waals surface area contributed by atoms with E-state index in [0.717, 1.165) is 50.4 Å². The average Bonchev–Trinajstić information content (AvgIpc) is 2.79. The third kappa shape index (κ3) is 5.60. The molecule has 1 saturated heterocycles. The van der Waals surface area contributed by atoms with Gasteiger partial charge >= 0.3 is 0 Å². The van der Waals surface area contributed by atoms with E-state index in [4.69, 9.17) is 9.73 Å². The van der Waals surface area contributed by atoms with Crippen LogP contribution in [0.25, 0.3) is 0 Å². The molecule has 0 radical (unpaired) electrons. The number of guanidine groups is 1. The molecule has 3 rings (SSSR count). The molecule has 1 fully saturated rings. The summed E-state index contributed by atoms with van der Waals surface area (Å²) in [6.45, 7) is 7.17. The highest BCUT2D eigenvalue weighted by atomic mass is 16.5. The molecule has 162 valence electrons. The van der Waals surface area contributed by atoms with Gasteiger partial charge < -0.3 is 24.8 Å². The number of aliphatic imine (C=N–C) groups is 1. The van der Waals surface area contributed by atoms with Gasteiger partial charge in [-0.1, -0.05) is 12.1 Å². The molecule has 0 saturated carbocycles. The van der Waals surface area contributed by atoms with Crippen LogP contribution in [-0.2, 0) is 0 Å². The average molecular weight is 412 g/mol. The molecule has 0 spiro atoms. The molecule has 1 atom stereocenters. The number of anilines is 1. The fourth-order valence-corrected chi connectivity index (χ4v) is 3.56. The zero-order chi connectivity index (χ0) is 21.3. The predicted molar refractivity (Wildman–Crippen MR) is 121 cm³/mol. The van der Waals surface area contributed by atoms with E-state index in [9.17, 15) is 0 Å². The van der Waals surface area contributed by atoms with Crippen molar-refractivity contribution in [3.8, 4) is 5.75 Å². The Morgan fingerprint density at radius 3 is 2.37 bits per heavy atom. The van der Waals surface area contributed by atoms with Crippen LogP contribution in [0.5, 0.6) is 5.75 Å². The van der Waals surface area contributed by atoms with Crippen molar-refractivity contribution in [3.63, 3.8) is 0 Å². The second-order valence-corrected chi connectivity index (χ2v) is 7.47. The third-order valence-electron chi connectivity index (χ3n) is 5.29. The Balaban J connectivity index is 1.66. The Morgan fingerprint density at radius 1 is 1.13 bits per heavy atom. The minimum absolute atomic E-state index is 0.198. The minimum atomic E-state index is 0.198. The maximum atomic E-state index is 5.29. The Kier molecular flexibility index (Phi) is 7.84. The lowest BCUT2D eigenvalue weighted by Gasteiger charge is -2.36. The van der Waals surface area contributed by atoms with Gasteiger partial charge in [-0.05, 0) is 44.8 Å². The summed E-state index contributed by atoms with van der Waals surface area (Å²) in [6, 6.07) is 10.3. The zero-order valence-electron chi connectivity index (χ0n) is 18.5. The Labute approximate surface area is 179 Å². The largest absolute Gasteiger partial charge is 0.497 e. The Morgan fingerprint density at radius 2 is 1.80 bits per heavy atom. The first-order chi connectivity index (χ1) is 14.6. The smallest absolute Gasteiger partial charge is 0.225 e. The molecule has 1 aliphatic rings. The van der Waals surface area contributed by atoms with Crippen molar-refractivity contribution >= 4 is 11.9 Å². The van der Waals surface area contributed by atoms with Crippen molar-refractivity contribution in [2.24, 2.45) is 4.99 Å². The zero-order valence-corrected chi connectivity index (χ0v) is 18.5. The lowest BCUT2D eigenvalue weighted by molar-refractivity contribution is 0.303. The number of likely N-dealkylation sites (N-methyl/N-ethyl adjacent to an activating group) is 1. The molecule has 0 bridgehead atoms. The number of rotatable bonds is 7. The monoisotopic (exact) mass is 411 g/mol. The molecule has 0 amide bonds. The third-order valence-corrected chi connectivity index (χ3v) is 5.29. The van der Waals surface area contributed by atoms with Crippen molar-refractivity contribution in [1.29, 1.82) is 0 Å². The summed E-state index contributed by atoms with van der Waals surface area (Å²) in [5.74, 6) is 2.63. The number of aromatic nitrogens is 2. The van der Waals surface area contributed by atoms with E-state index in [1.54, 1.807) is 19.5 Å². The maximum Gasteiger partial charge on any atom is 0.225 e. The molecule has 8 heteroatoms. The van der Waals surface area contributed by atoms with Crippen LogP contribution in [0.3, 0.4) is 0 Å². The SMILES string of the molecule is CCNC(=NCC(c1ccc(OC)cc1)N(C)C)N1CCN(c2ncccn2)CC1. The fourth-order valence-electron chi connectivity index (χ4n) is 3.56. The Hall–Kier alpha value is -2.87. The van der Waals surface area contributed by atoms with Crippen LogP contribution in [0.1, 0.15) is 18.5 Å². The lowest BCUT2D eigenvalue weighted by atomic mass is 10.1. The van der Waals surface area contributed by atoms with Crippen LogP contribution >= 0.6 is 0 Å². The topological polar surface area (TPSA) is 69.1 Å². The standard InChI is InChI=1S/C22H33N7O/c1-5-23-21(28-13-15-29(16-14-28)22-24-11-6-12-25-22)26-17-20(27(2)3)18-7-9-19(30-4)10-8-18/h6-12,20H,5,13-17H2,1-4H3,(H,23,26). The van der Waals surface area contributed by atoms with Crippen molar-refractivity contribution in [3.05, 3.63) is 48.3 Å².